The van der Waals surface area contributed by atoms with Crippen molar-refractivity contribution in [1.29, 1.82) is 0 Å². The van der Waals surface area contributed by atoms with Crippen molar-refractivity contribution in [2.75, 3.05) is 18.1 Å². The van der Waals surface area contributed by atoms with Crippen molar-refractivity contribution in [2.45, 2.75) is 18.2 Å². The number of hydrogen-bond donors (Lipinski definition) is 0. The quantitative estimate of drug-likeness (QED) is 0.630. The molecule has 0 saturated carbocycles. The predicted octanol–water partition coefficient (Wildman–Crippen LogP) is 2.72. The molecule has 0 unspecified atom stereocenters. The van der Waals surface area contributed by atoms with E-state index in [0.717, 1.165) is 12.1 Å². The van der Waals surface area contributed by atoms with Crippen molar-refractivity contribution in [3.8, 4) is 5.75 Å². The van der Waals surface area contributed by atoms with Crippen LogP contribution in [0.15, 0.2) is 21.5 Å². The smallest absolute Gasteiger partial charge is 0.264 e. The molecule has 0 radical (unpaired) electrons. The first-order valence-corrected chi connectivity index (χ1v) is 10.8. The van der Waals surface area contributed by atoms with E-state index in [4.69, 9.17) is 15.4 Å². The summed E-state index contributed by atoms with van der Waals surface area (Å²) in [6.45, 7) is 1.59. The maximum Gasteiger partial charge on any atom is 0.264 e. The minimum Gasteiger partial charge on any atom is -0.491 e. The molecule has 1 rings (SSSR count). The van der Waals surface area contributed by atoms with Crippen LogP contribution < -0.4 is 4.74 Å². The third-order valence-electron chi connectivity index (χ3n) is 2.42. The van der Waals surface area contributed by atoms with Crippen LogP contribution in [-0.4, -0.2) is 34.9 Å². The first-order valence-electron chi connectivity index (χ1n) is 5.84. The Balaban J connectivity index is 2.85. The summed E-state index contributed by atoms with van der Waals surface area (Å²) in [7, 11) is -2.34. The molecule has 0 bridgehead atoms. The van der Waals surface area contributed by atoms with Gasteiger partial charge in [0.2, 0.25) is 0 Å². The van der Waals surface area contributed by atoms with E-state index in [1.807, 2.05) is 0 Å². The SMILES string of the molecule is CCCS(=O)(=O)CCOc1cc(F)c(S(=O)(=O)Cl)cc1Br. The molecule has 0 N–H and O–H groups in total. The third-order valence-corrected chi connectivity index (χ3v) is 6.19. The highest BCUT2D eigenvalue weighted by Crippen LogP contribution is 2.31. The van der Waals surface area contributed by atoms with Crippen LogP contribution in [0, 0.1) is 5.82 Å². The molecule has 21 heavy (non-hydrogen) atoms. The monoisotopic (exact) mass is 422 g/mol. The number of hydrogen-bond acceptors (Lipinski definition) is 5. The van der Waals surface area contributed by atoms with Crippen molar-refractivity contribution in [3.63, 3.8) is 0 Å². The van der Waals surface area contributed by atoms with E-state index in [-0.39, 0.29) is 28.3 Å². The van der Waals surface area contributed by atoms with E-state index in [9.17, 15) is 21.2 Å². The molecule has 0 atom stereocenters. The van der Waals surface area contributed by atoms with Crippen LogP contribution in [0.3, 0.4) is 0 Å². The van der Waals surface area contributed by atoms with Crippen LogP contribution >= 0.6 is 26.6 Å². The van der Waals surface area contributed by atoms with Crippen LogP contribution in [-0.2, 0) is 18.9 Å². The maximum atomic E-state index is 13.6. The van der Waals surface area contributed by atoms with Gasteiger partial charge in [0.25, 0.3) is 9.05 Å². The fourth-order valence-electron chi connectivity index (χ4n) is 1.50. The highest BCUT2D eigenvalue weighted by molar-refractivity contribution is 9.10. The molecule has 0 heterocycles. The standard InChI is InChI=1S/C11H13BrClFO5S2/c1-2-4-20(15,16)5-3-19-10-7-9(14)11(6-8(10)12)21(13,17)18/h6-7H,2-5H2,1H3. The number of sulfone groups is 1. The van der Waals surface area contributed by atoms with Crippen LogP contribution in [0.2, 0.25) is 0 Å². The van der Waals surface area contributed by atoms with Crippen molar-refractivity contribution in [1.82, 2.24) is 0 Å². The van der Waals surface area contributed by atoms with Gasteiger partial charge in [0.05, 0.1) is 16.0 Å². The Labute approximate surface area is 135 Å². The van der Waals surface area contributed by atoms with E-state index >= 15 is 0 Å². The topological polar surface area (TPSA) is 77.5 Å². The van der Waals surface area contributed by atoms with Gasteiger partial charge in [0, 0.05) is 16.7 Å². The summed E-state index contributed by atoms with van der Waals surface area (Å²) < 4.78 is 64.2. The summed E-state index contributed by atoms with van der Waals surface area (Å²) in [5.41, 5.74) is 0. The molecule has 0 saturated heterocycles. The summed E-state index contributed by atoms with van der Waals surface area (Å²) in [4.78, 5) is -0.679. The fraction of sp³-hybridized carbons (Fsp3) is 0.455. The second kappa shape index (κ2) is 7.26. The lowest BCUT2D eigenvalue weighted by Gasteiger charge is -2.10. The molecule has 0 amide bonds. The van der Waals surface area contributed by atoms with Gasteiger partial charge in [-0.1, -0.05) is 6.92 Å². The van der Waals surface area contributed by atoms with Crippen LogP contribution in [0.5, 0.6) is 5.75 Å². The molecule has 1 aromatic rings. The Morgan fingerprint density at radius 1 is 1.24 bits per heavy atom. The molecule has 0 aliphatic carbocycles. The normalized spacial score (nSPS) is 12.4. The molecule has 0 aromatic heterocycles. The number of rotatable bonds is 7. The van der Waals surface area contributed by atoms with Crippen LogP contribution in [0.1, 0.15) is 13.3 Å². The molecule has 0 spiro atoms. The zero-order valence-electron chi connectivity index (χ0n) is 11.0. The zero-order chi connectivity index (χ0) is 16.3. The van der Waals surface area contributed by atoms with Crippen molar-refractivity contribution in [3.05, 3.63) is 22.4 Å². The molecule has 5 nitrogen and oxygen atoms in total. The van der Waals surface area contributed by atoms with Crippen molar-refractivity contribution in [2.24, 2.45) is 0 Å². The van der Waals surface area contributed by atoms with Crippen molar-refractivity contribution < 1.29 is 26.0 Å². The largest absolute Gasteiger partial charge is 0.491 e. The van der Waals surface area contributed by atoms with Gasteiger partial charge in [0.1, 0.15) is 23.1 Å². The summed E-state index contributed by atoms with van der Waals surface area (Å²) in [5, 5.41) is 0. The number of halogens is 3. The molecule has 0 aliphatic heterocycles. The van der Waals surface area contributed by atoms with Crippen LogP contribution in [0.4, 0.5) is 4.39 Å². The minimum atomic E-state index is -4.21. The van der Waals surface area contributed by atoms with Crippen molar-refractivity contribution >= 4 is 45.5 Å². The first kappa shape index (κ1) is 18.7. The van der Waals surface area contributed by atoms with Gasteiger partial charge in [0.15, 0.2) is 9.84 Å². The second-order valence-electron chi connectivity index (χ2n) is 4.15. The van der Waals surface area contributed by atoms with E-state index in [1.165, 1.54) is 0 Å². The van der Waals surface area contributed by atoms with E-state index in [0.29, 0.717) is 6.42 Å². The Bertz CT molecular complexity index is 718. The predicted molar refractivity (Wildman–Crippen MR) is 81.6 cm³/mol. The van der Waals surface area contributed by atoms with Gasteiger partial charge >= 0.3 is 0 Å². The number of benzene rings is 1. The second-order valence-corrected chi connectivity index (χ2v) is 9.84. The van der Waals surface area contributed by atoms with Gasteiger partial charge in [-0.25, -0.2) is 21.2 Å². The molecule has 0 aliphatic rings. The number of ether oxygens (including phenoxy) is 1. The van der Waals surface area contributed by atoms with Gasteiger partial charge < -0.3 is 4.74 Å². The summed E-state index contributed by atoms with van der Waals surface area (Å²) in [5.74, 6) is -1.22. The van der Waals surface area contributed by atoms with E-state index in [2.05, 4.69) is 15.9 Å². The molecular formula is C11H13BrClFO5S2. The molecule has 0 fully saturated rings. The summed E-state index contributed by atoms with van der Waals surface area (Å²) in [6, 6.07) is 1.80. The Hall–Kier alpha value is -0.380. The zero-order valence-corrected chi connectivity index (χ0v) is 14.9. The lowest BCUT2D eigenvalue weighted by molar-refractivity contribution is 0.336. The highest BCUT2D eigenvalue weighted by atomic mass is 79.9. The van der Waals surface area contributed by atoms with E-state index in [1.54, 1.807) is 6.92 Å². The average molecular weight is 424 g/mol. The lowest BCUT2D eigenvalue weighted by Crippen LogP contribution is -2.17. The Morgan fingerprint density at radius 3 is 2.38 bits per heavy atom. The fourth-order valence-corrected chi connectivity index (χ4v) is 4.18. The molecular weight excluding hydrogens is 411 g/mol. The van der Waals surface area contributed by atoms with Gasteiger partial charge in [-0.05, 0) is 28.4 Å². The first-order chi connectivity index (χ1) is 9.57. The molecule has 10 heteroatoms. The van der Waals surface area contributed by atoms with Crippen LogP contribution in [0.25, 0.3) is 0 Å². The molecule has 120 valence electrons. The Morgan fingerprint density at radius 2 is 1.86 bits per heavy atom. The third kappa shape index (κ3) is 5.72. The highest BCUT2D eigenvalue weighted by Gasteiger charge is 2.19. The lowest BCUT2D eigenvalue weighted by atomic mass is 10.3. The maximum absolute atomic E-state index is 13.6. The summed E-state index contributed by atoms with van der Waals surface area (Å²) >= 11 is 3.02. The van der Waals surface area contributed by atoms with Gasteiger partial charge in [-0.15, -0.1) is 0 Å². The van der Waals surface area contributed by atoms with Gasteiger partial charge in [-0.2, -0.15) is 0 Å². The Kier molecular flexibility index (Phi) is 6.45. The average Bonchev–Trinajstić information content (AvgIpc) is 2.31. The van der Waals surface area contributed by atoms with E-state index < -0.39 is 29.6 Å². The summed E-state index contributed by atoms with van der Waals surface area (Å²) in [6.07, 6.45) is 0.503. The minimum absolute atomic E-state index is 0.00302. The van der Waals surface area contributed by atoms with Gasteiger partial charge in [-0.3, -0.25) is 0 Å². The molecule has 1 aromatic carbocycles.